The Balaban J connectivity index is 1.78. The number of rotatable bonds is 5. The van der Waals surface area contributed by atoms with Crippen LogP contribution in [0.1, 0.15) is 23.8 Å². The van der Waals surface area contributed by atoms with Crippen LogP contribution in [0.4, 0.5) is 0 Å². The molecule has 2 N–H and O–H groups in total. The molecule has 0 radical (unpaired) electrons. The van der Waals surface area contributed by atoms with Gasteiger partial charge in [-0.05, 0) is 37.3 Å². The lowest BCUT2D eigenvalue weighted by molar-refractivity contribution is 0.302. The van der Waals surface area contributed by atoms with Crippen LogP contribution in [0.15, 0.2) is 17.5 Å². The molecule has 3 heteroatoms. The number of thiophene rings is 1. The highest BCUT2D eigenvalue weighted by Crippen LogP contribution is 2.29. The molecule has 1 aliphatic carbocycles. The summed E-state index contributed by atoms with van der Waals surface area (Å²) in [6, 6.07) is 4.39. The molecule has 2 rings (SSSR count). The Hall–Kier alpha value is -0.380. The predicted molar refractivity (Wildman–Crippen MR) is 61.5 cm³/mol. The van der Waals surface area contributed by atoms with Crippen molar-refractivity contribution in [2.75, 3.05) is 20.1 Å². The van der Waals surface area contributed by atoms with E-state index in [1.807, 2.05) is 0 Å². The smallest absolute Gasteiger partial charge is 0.0518 e. The normalized spacial score (nSPS) is 18.8. The van der Waals surface area contributed by atoms with E-state index >= 15 is 0 Å². The van der Waals surface area contributed by atoms with Gasteiger partial charge in [-0.3, -0.25) is 0 Å². The first-order valence-corrected chi connectivity index (χ1v) is 6.11. The van der Waals surface area contributed by atoms with Crippen LogP contribution in [0.5, 0.6) is 0 Å². The fourth-order valence-corrected chi connectivity index (χ4v) is 2.46. The minimum absolute atomic E-state index is 0.193. The van der Waals surface area contributed by atoms with Gasteiger partial charge in [-0.25, -0.2) is 0 Å². The van der Waals surface area contributed by atoms with Gasteiger partial charge in [-0.1, -0.05) is 6.07 Å². The summed E-state index contributed by atoms with van der Waals surface area (Å²) in [5.74, 6) is 0.954. The highest BCUT2D eigenvalue weighted by Gasteiger charge is 2.23. The van der Waals surface area contributed by atoms with Crippen molar-refractivity contribution >= 4 is 11.3 Å². The molecule has 1 aliphatic rings. The van der Waals surface area contributed by atoms with Gasteiger partial charge in [0.25, 0.3) is 0 Å². The predicted octanol–water partition coefficient (Wildman–Crippen LogP) is 2.09. The Morgan fingerprint density at radius 1 is 1.64 bits per heavy atom. The molecule has 1 aromatic heterocycles. The monoisotopic (exact) mass is 210 g/mol. The molecule has 1 saturated carbocycles. The lowest BCUT2D eigenvalue weighted by Crippen LogP contribution is -2.30. The average molecular weight is 210 g/mol. The summed E-state index contributed by atoms with van der Waals surface area (Å²) in [5, 5.41) is 2.09. The SMILES string of the molecule is CN(CC1CC1)CC(N)c1cccs1. The fraction of sp³-hybridized carbons (Fsp3) is 0.636. The van der Waals surface area contributed by atoms with E-state index < -0.39 is 0 Å². The molecule has 1 fully saturated rings. The van der Waals surface area contributed by atoms with Gasteiger partial charge < -0.3 is 10.6 Å². The van der Waals surface area contributed by atoms with Crippen molar-refractivity contribution in [3.8, 4) is 0 Å². The molecule has 2 nitrogen and oxygen atoms in total. The zero-order valence-electron chi connectivity index (χ0n) is 8.65. The number of likely N-dealkylation sites (N-methyl/N-ethyl adjacent to an activating group) is 1. The molecule has 0 aromatic carbocycles. The third kappa shape index (κ3) is 2.80. The summed E-state index contributed by atoms with van der Waals surface area (Å²) in [7, 11) is 2.17. The molecular weight excluding hydrogens is 192 g/mol. The van der Waals surface area contributed by atoms with Crippen LogP contribution in [0.3, 0.4) is 0 Å². The summed E-state index contributed by atoms with van der Waals surface area (Å²) in [6.07, 6.45) is 2.83. The fourth-order valence-electron chi connectivity index (χ4n) is 1.74. The molecule has 78 valence electrons. The second-order valence-electron chi connectivity index (χ2n) is 4.29. The second kappa shape index (κ2) is 4.43. The van der Waals surface area contributed by atoms with Gasteiger partial charge in [0.2, 0.25) is 0 Å². The Kier molecular flexibility index (Phi) is 3.21. The highest BCUT2D eigenvalue weighted by atomic mass is 32.1. The summed E-state index contributed by atoms with van der Waals surface area (Å²) in [6.45, 7) is 2.20. The van der Waals surface area contributed by atoms with E-state index in [0.717, 1.165) is 12.5 Å². The maximum absolute atomic E-state index is 6.11. The molecule has 0 saturated heterocycles. The summed E-state index contributed by atoms with van der Waals surface area (Å²) >= 11 is 1.76. The van der Waals surface area contributed by atoms with Gasteiger partial charge in [0.1, 0.15) is 0 Å². The van der Waals surface area contributed by atoms with Crippen LogP contribution in [0.25, 0.3) is 0 Å². The van der Waals surface area contributed by atoms with Crippen LogP contribution in [0.2, 0.25) is 0 Å². The van der Waals surface area contributed by atoms with E-state index in [0.29, 0.717) is 0 Å². The van der Waals surface area contributed by atoms with Crippen LogP contribution < -0.4 is 5.73 Å². The Morgan fingerprint density at radius 2 is 2.43 bits per heavy atom. The average Bonchev–Trinajstić information content (AvgIpc) is 2.80. The quantitative estimate of drug-likeness (QED) is 0.806. The maximum atomic E-state index is 6.11. The van der Waals surface area contributed by atoms with Crippen molar-refractivity contribution in [1.82, 2.24) is 4.90 Å². The number of hydrogen-bond acceptors (Lipinski definition) is 3. The highest BCUT2D eigenvalue weighted by molar-refractivity contribution is 7.10. The van der Waals surface area contributed by atoms with E-state index in [1.54, 1.807) is 11.3 Å². The molecule has 0 bridgehead atoms. The first-order chi connectivity index (χ1) is 6.75. The lowest BCUT2D eigenvalue weighted by Gasteiger charge is -2.20. The van der Waals surface area contributed by atoms with E-state index in [4.69, 9.17) is 5.73 Å². The first kappa shape index (κ1) is 10.1. The minimum atomic E-state index is 0.193. The maximum Gasteiger partial charge on any atom is 0.0518 e. The molecule has 1 unspecified atom stereocenters. The Bertz CT molecular complexity index is 267. The molecular formula is C11H18N2S. The Labute approximate surface area is 89.7 Å². The summed E-state index contributed by atoms with van der Waals surface area (Å²) < 4.78 is 0. The number of nitrogens with two attached hydrogens (primary N) is 1. The van der Waals surface area contributed by atoms with E-state index in [9.17, 15) is 0 Å². The minimum Gasteiger partial charge on any atom is -0.322 e. The third-order valence-corrected chi connectivity index (χ3v) is 3.69. The van der Waals surface area contributed by atoms with Gasteiger partial charge >= 0.3 is 0 Å². The molecule has 1 heterocycles. The van der Waals surface area contributed by atoms with Crippen molar-refractivity contribution in [2.24, 2.45) is 11.7 Å². The topological polar surface area (TPSA) is 29.3 Å². The molecule has 1 aromatic rings. The third-order valence-electron chi connectivity index (χ3n) is 2.68. The number of nitrogens with zero attached hydrogens (tertiary/aromatic N) is 1. The first-order valence-electron chi connectivity index (χ1n) is 5.23. The zero-order chi connectivity index (χ0) is 9.97. The van der Waals surface area contributed by atoms with E-state index in [-0.39, 0.29) is 6.04 Å². The summed E-state index contributed by atoms with van der Waals surface area (Å²) in [4.78, 5) is 3.66. The van der Waals surface area contributed by atoms with Crippen molar-refractivity contribution in [3.63, 3.8) is 0 Å². The second-order valence-corrected chi connectivity index (χ2v) is 5.27. The largest absolute Gasteiger partial charge is 0.322 e. The van der Waals surface area contributed by atoms with E-state index in [2.05, 4.69) is 29.5 Å². The van der Waals surface area contributed by atoms with Crippen molar-refractivity contribution in [1.29, 1.82) is 0 Å². The van der Waals surface area contributed by atoms with Crippen LogP contribution in [-0.2, 0) is 0 Å². The van der Waals surface area contributed by atoms with Crippen molar-refractivity contribution < 1.29 is 0 Å². The van der Waals surface area contributed by atoms with Gasteiger partial charge in [-0.15, -0.1) is 11.3 Å². The van der Waals surface area contributed by atoms with Gasteiger partial charge in [-0.2, -0.15) is 0 Å². The molecule has 0 aliphatic heterocycles. The Morgan fingerprint density at radius 3 is 3.00 bits per heavy atom. The van der Waals surface area contributed by atoms with Crippen molar-refractivity contribution in [3.05, 3.63) is 22.4 Å². The molecule has 0 amide bonds. The molecule has 0 spiro atoms. The molecule has 1 atom stereocenters. The van der Waals surface area contributed by atoms with Gasteiger partial charge in [0, 0.05) is 18.0 Å². The van der Waals surface area contributed by atoms with Gasteiger partial charge in [0.15, 0.2) is 0 Å². The van der Waals surface area contributed by atoms with Crippen LogP contribution in [-0.4, -0.2) is 25.0 Å². The lowest BCUT2D eigenvalue weighted by atomic mass is 10.2. The summed E-state index contributed by atoms with van der Waals surface area (Å²) in [5.41, 5.74) is 6.11. The van der Waals surface area contributed by atoms with Crippen LogP contribution >= 0.6 is 11.3 Å². The number of hydrogen-bond donors (Lipinski definition) is 1. The van der Waals surface area contributed by atoms with Gasteiger partial charge in [0.05, 0.1) is 6.04 Å². The zero-order valence-corrected chi connectivity index (χ0v) is 9.46. The molecule has 14 heavy (non-hydrogen) atoms. The van der Waals surface area contributed by atoms with E-state index in [1.165, 1.54) is 24.3 Å². The standard InChI is InChI=1S/C11H18N2S/c1-13(7-9-4-5-9)8-10(12)11-3-2-6-14-11/h2-3,6,9-10H,4-5,7-8,12H2,1H3. The van der Waals surface area contributed by atoms with Crippen molar-refractivity contribution in [2.45, 2.75) is 18.9 Å². The van der Waals surface area contributed by atoms with Crippen LogP contribution in [0, 0.1) is 5.92 Å².